The van der Waals surface area contributed by atoms with Gasteiger partial charge >= 0.3 is 5.97 Å². The molecule has 1 aliphatic rings. The molecule has 0 radical (unpaired) electrons. The Morgan fingerprint density at radius 2 is 1.86 bits per heavy atom. The molecular weight excluding hydrogens is 332 g/mol. The molecule has 4 nitrogen and oxygen atoms in total. The highest BCUT2D eigenvalue weighted by Gasteiger charge is 2.21. The van der Waals surface area contributed by atoms with Gasteiger partial charge in [0.25, 0.3) is 0 Å². The molecule has 2 rings (SSSR count). The molecule has 0 spiro atoms. The standard InChI is InChI=1S/C16H23BrN2O2/c1-13(14-4-6-15(17)7-5-14)19-11-9-18(10-12-19)8-2-3-16(20)21/h4-7,13H,2-3,8-12H2,1H3,(H,20,21)/t13-/m1/s1. The minimum absolute atomic E-state index is 0.273. The van der Waals surface area contributed by atoms with Crippen LogP contribution in [0.5, 0.6) is 0 Å². The molecule has 1 saturated heterocycles. The average molecular weight is 355 g/mol. The molecule has 1 aliphatic heterocycles. The van der Waals surface area contributed by atoms with Crippen molar-refractivity contribution in [2.45, 2.75) is 25.8 Å². The lowest BCUT2D eigenvalue weighted by atomic mass is 10.1. The van der Waals surface area contributed by atoms with Gasteiger partial charge in [-0.15, -0.1) is 0 Å². The van der Waals surface area contributed by atoms with E-state index in [0.717, 1.165) is 43.6 Å². The minimum Gasteiger partial charge on any atom is -0.481 e. The lowest BCUT2D eigenvalue weighted by molar-refractivity contribution is -0.137. The molecule has 21 heavy (non-hydrogen) atoms. The van der Waals surface area contributed by atoms with Gasteiger partial charge in [0.1, 0.15) is 0 Å². The number of carboxylic acids is 1. The van der Waals surface area contributed by atoms with E-state index in [2.05, 4.69) is 56.9 Å². The Labute approximate surface area is 134 Å². The van der Waals surface area contributed by atoms with Crippen molar-refractivity contribution in [3.8, 4) is 0 Å². The Hall–Kier alpha value is -0.910. The zero-order valence-corrected chi connectivity index (χ0v) is 14.1. The second-order valence-corrected chi connectivity index (χ2v) is 6.52. The number of nitrogens with zero attached hydrogens (tertiary/aromatic N) is 2. The Bertz CT molecular complexity index is 456. The molecular formula is C16H23BrN2O2. The van der Waals surface area contributed by atoms with Crippen molar-refractivity contribution in [2.24, 2.45) is 0 Å². The van der Waals surface area contributed by atoms with Crippen molar-refractivity contribution in [1.82, 2.24) is 9.80 Å². The second-order valence-electron chi connectivity index (χ2n) is 5.60. The SMILES string of the molecule is C[C@H](c1ccc(Br)cc1)N1CCN(CCCC(=O)O)CC1. The highest BCUT2D eigenvalue weighted by Crippen LogP contribution is 2.23. The van der Waals surface area contributed by atoms with Crippen molar-refractivity contribution in [1.29, 1.82) is 0 Å². The van der Waals surface area contributed by atoms with Crippen molar-refractivity contribution < 1.29 is 9.90 Å². The quantitative estimate of drug-likeness (QED) is 0.852. The topological polar surface area (TPSA) is 43.8 Å². The summed E-state index contributed by atoms with van der Waals surface area (Å²) in [6, 6.07) is 8.96. The molecule has 1 atom stereocenters. The summed E-state index contributed by atoms with van der Waals surface area (Å²) in [4.78, 5) is 15.4. The number of hydrogen-bond donors (Lipinski definition) is 1. The van der Waals surface area contributed by atoms with Crippen molar-refractivity contribution in [3.63, 3.8) is 0 Å². The van der Waals surface area contributed by atoms with Crippen LogP contribution in [0.1, 0.15) is 31.4 Å². The van der Waals surface area contributed by atoms with Gasteiger partial charge in [0.2, 0.25) is 0 Å². The maximum absolute atomic E-state index is 10.5. The maximum atomic E-state index is 10.5. The molecule has 5 heteroatoms. The van der Waals surface area contributed by atoms with Crippen LogP contribution in [0.4, 0.5) is 0 Å². The number of aliphatic carboxylic acids is 1. The van der Waals surface area contributed by atoms with Gasteiger partial charge in [0, 0.05) is 43.1 Å². The second kappa shape index (κ2) is 7.92. The lowest BCUT2D eigenvalue weighted by Gasteiger charge is -2.38. The van der Waals surface area contributed by atoms with Crippen LogP contribution in [-0.2, 0) is 4.79 Å². The Balaban J connectivity index is 1.77. The van der Waals surface area contributed by atoms with Crippen molar-refractivity contribution in [3.05, 3.63) is 34.3 Å². The fourth-order valence-corrected chi connectivity index (χ4v) is 3.04. The van der Waals surface area contributed by atoms with Gasteiger partial charge in [0.05, 0.1) is 0 Å². The van der Waals surface area contributed by atoms with Crippen molar-refractivity contribution >= 4 is 21.9 Å². The van der Waals surface area contributed by atoms with E-state index < -0.39 is 5.97 Å². The van der Waals surface area contributed by atoms with Crippen molar-refractivity contribution in [2.75, 3.05) is 32.7 Å². The monoisotopic (exact) mass is 354 g/mol. The molecule has 1 aromatic carbocycles. The molecule has 116 valence electrons. The van der Waals surface area contributed by atoms with Crippen LogP contribution in [0.25, 0.3) is 0 Å². The Kier molecular flexibility index (Phi) is 6.21. The number of rotatable bonds is 6. The van der Waals surface area contributed by atoms with E-state index in [4.69, 9.17) is 5.11 Å². The summed E-state index contributed by atoms with van der Waals surface area (Å²) in [7, 11) is 0. The van der Waals surface area contributed by atoms with Crippen LogP contribution in [0.3, 0.4) is 0 Å². The van der Waals surface area contributed by atoms with E-state index in [1.54, 1.807) is 0 Å². The van der Waals surface area contributed by atoms with E-state index in [-0.39, 0.29) is 6.42 Å². The molecule has 0 amide bonds. The van der Waals surface area contributed by atoms with Gasteiger partial charge in [-0.05, 0) is 37.6 Å². The predicted molar refractivity (Wildman–Crippen MR) is 87.4 cm³/mol. The van der Waals surface area contributed by atoms with E-state index in [9.17, 15) is 4.79 Å². The molecule has 1 aromatic rings. The molecule has 0 unspecified atom stereocenters. The van der Waals surface area contributed by atoms with Crippen LogP contribution in [0, 0.1) is 0 Å². The van der Waals surface area contributed by atoms with E-state index in [1.165, 1.54) is 5.56 Å². The summed E-state index contributed by atoms with van der Waals surface area (Å²) >= 11 is 3.47. The first-order valence-electron chi connectivity index (χ1n) is 7.50. The molecule has 1 fully saturated rings. The summed E-state index contributed by atoms with van der Waals surface area (Å²) in [5.41, 5.74) is 1.34. The first-order chi connectivity index (χ1) is 10.1. The normalized spacial score (nSPS) is 18.6. The number of piperazine rings is 1. The van der Waals surface area contributed by atoms with Crippen LogP contribution in [0.15, 0.2) is 28.7 Å². The fourth-order valence-electron chi connectivity index (χ4n) is 2.78. The smallest absolute Gasteiger partial charge is 0.303 e. The van der Waals surface area contributed by atoms with E-state index >= 15 is 0 Å². The summed E-state index contributed by atoms with van der Waals surface area (Å²) in [6.07, 6.45) is 1.02. The summed E-state index contributed by atoms with van der Waals surface area (Å²) in [5, 5.41) is 8.67. The van der Waals surface area contributed by atoms with Crippen LogP contribution >= 0.6 is 15.9 Å². The van der Waals surface area contributed by atoms with Gasteiger partial charge in [-0.2, -0.15) is 0 Å². The highest BCUT2D eigenvalue weighted by atomic mass is 79.9. The predicted octanol–water partition coefficient (Wildman–Crippen LogP) is 2.99. The number of halogens is 1. The van der Waals surface area contributed by atoms with E-state index in [1.807, 2.05) is 0 Å². The molecule has 1 heterocycles. The molecule has 0 saturated carbocycles. The van der Waals surface area contributed by atoms with Gasteiger partial charge in [-0.1, -0.05) is 28.1 Å². The molecule has 0 aliphatic carbocycles. The molecule has 0 aromatic heterocycles. The van der Waals surface area contributed by atoms with Crippen LogP contribution < -0.4 is 0 Å². The third-order valence-electron chi connectivity index (χ3n) is 4.17. The van der Waals surface area contributed by atoms with Crippen LogP contribution in [0.2, 0.25) is 0 Å². The summed E-state index contributed by atoms with van der Waals surface area (Å²) in [5.74, 6) is -0.697. The zero-order chi connectivity index (χ0) is 15.2. The summed E-state index contributed by atoms with van der Waals surface area (Å²) < 4.78 is 1.11. The first kappa shape index (κ1) is 16.5. The lowest BCUT2D eigenvalue weighted by Crippen LogP contribution is -2.47. The first-order valence-corrected chi connectivity index (χ1v) is 8.29. The Morgan fingerprint density at radius 3 is 2.43 bits per heavy atom. The third-order valence-corrected chi connectivity index (χ3v) is 4.70. The van der Waals surface area contributed by atoms with Gasteiger partial charge in [-0.3, -0.25) is 9.69 Å². The van der Waals surface area contributed by atoms with E-state index in [0.29, 0.717) is 6.04 Å². The number of benzene rings is 1. The van der Waals surface area contributed by atoms with Gasteiger partial charge < -0.3 is 10.0 Å². The maximum Gasteiger partial charge on any atom is 0.303 e. The largest absolute Gasteiger partial charge is 0.481 e. The van der Waals surface area contributed by atoms with Crippen LogP contribution in [-0.4, -0.2) is 53.6 Å². The summed E-state index contributed by atoms with van der Waals surface area (Å²) in [6.45, 7) is 7.30. The minimum atomic E-state index is -0.697. The number of carbonyl (C=O) groups is 1. The van der Waals surface area contributed by atoms with Gasteiger partial charge in [-0.25, -0.2) is 0 Å². The average Bonchev–Trinajstić information content (AvgIpc) is 2.48. The Morgan fingerprint density at radius 1 is 1.24 bits per heavy atom. The third kappa shape index (κ3) is 5.09. The fraction of sp³-hybridized carbons (Fsp3) is 0.562. The molecule has 1 N–H and O–H groups in total. The highest BCUT2D eigenvalue weighted by molar-refractivity contribution is 9.10. The molecule has 0 bridgehead atoms. The van der Waals surface area contributed by atoms with Gasteiger partial charge in [0.15, 0.2) is 0 Å². The zero-order valence-electron chi connectivity index (χ0n) is 12.5. The number of hydrogen-bond acceptors (Lipinski definition) is 3. The number of carboxylic acid groups (broad SMARTS) is 1.